The first-order valence-electron chi connectivity index (χ1n) is 9.70. The highest BCUT2D eigenvalue weighted by atomic mass is 35.5. The standard InChI is InChI=1S/C19H29N3O3S.2ClH/c1-24-13-11-21-7-9-22(10-8-21)18(23)17-14-15-16(26-17)2-12-25-19(15)3-5-20-6-4-19;;/h14,20H,2-13H2,1H3;2*1H. The molecule has 6 nitrogen and oxygen atoms in total. The predicted molar refractivity (Wildman–Crippen MR) is 116 cm³/mol. The molecule has 160 valence electrons. The summed E-state index contributed by atoms with van der Waals surface area (Å²) in [4.78, 5) is 19.7. The number of piperidine rings is 1. The van der Waals surface area contributed by atoms with Crippen molar-refractivity contribution in [3.05, 3.63) is 21.4 Å². The van der Waals surface area contributed by atoms with Crippen LogP contribution in [-0.4, -0.2) is 81.8 Å². The second-order valence-electron chi connectivity index (χ2n) is 7.42. The number of nitrogens with zero attached hydrogens (tertiary/aromatic N) is 2. The molecule has 0 bridgehead atoms. The Balaban J connectivity index is 0.00000140. The summed E-state index contributed by atoms with van der Waals surface area (Å²) >= 11 is 1.69. The van der Waals surface area contributed by atoms with Gasteiger partial charge in [0.15, 0.2) is 0 Å². The molecular formula is C19H31Cl2N3O3S. The molecule has 2 saturated heterocycles. The van der Waals surface area contributed by atoms with Gasteiger partial charge in [0.2, 0.25) is 0 Å². The van der Waals surface area contributed by atoms with Crippen molar-refractivity contribution in [2.75, 3.05) is 66.1 Å². The zero-order chi connectivity index (χ0) is 18.0. The number of hydrogen-bond donors (Lipinski definition) is 1. The molecule has 1 aromatic rings. The highest BCUT2D eigenvalue weighted by Crippen LogP contribution is 2.43. The van der Waals surface area contributed by atoms with Crippen molar-refractivity contribution < 1.29 is 14.3 Å². The monoisotopic (exact) mass is 451 g/mol. The molecule has 0 aliphatic carbocycles. The van der Waals surface area contributed by atoms with E-state index in [2.05, 4.69) is 16.3 Å². The Labute approximate surface area is 183 Å². The summed E-state index contributed by atoms with van der Waals surface area (Å²) in [6.07, 6.45) is 2.94. The number of methoxy groups -OCH3 is 1. The summed E-state index contributed by atoms with van der Waals surface area (Å²) in [6, 6.07) is 2.14. The normalized spacial score (nSPS) is 21.5. The topological polar surface area (TPSA) is 54.0 Å². The summed E-state index contributed by atoms with van der Waals surface area (Å²) in [7, 11) is 1.73. The van der Waals surface area contributed by atoms with E-state index in [1.54, 1.807) is 18.4 Å². The molecule has 1 aromatic heterocycles. The minimum absolute atomic E-state index is 0. The van der Waals surface area contributed by atoms with Gasteiger partial charge in [-0.2, -0.15) is 0 Å². The second-order valence-corrected chi connectivity index (χ2v) is 8.55. The summed E-state index contributed by atoms with van der Waals surface area (Å²) in [6.45, 7) is 7.91. The van der Waals surface area contributed by atoms with Crippen LogP contribution < -0.4 is 5.32 Å². The molecule has 1 amide bonds. The van der Waals surface area contributed by atoms with Crippen LogP contribution in [0.1, 0.15) is 33.0 Å². The highest BCUT2D eigenvalue weighted by Gasteiger charge is 2.41. The zero-order valence-corrected chi connectivity index (χ0v) is 18.9. The van der Waals surface area contributed by atoms with Crippen molar-refractivity contribution >= 4 is 42.1 Å². The van der Waals surface area contributed by atoms with Gasteiger partial charge in [-0.15, -0.1) is 36.2 Å². The van der Waals surface area contributed by atoms with Crippen LogP contribution in [0.2, 0.25) is 0 Å². The minimum Gasteiger partial charge on any atom is -0.383 e. The van der Waals surface area contributed by atoms with E-state index in [9.17, 15) is 4.79 Å². The minimum atomic E-state index is -0.160. The molecule has 1 spiro atoms. The lowest BCUT2D eigenvalue weighted by Crippen LogP contribution is -2.49. The van der Waals surface area contributed by atoms with Gasteiger partial charge in [0.1, 0.15) is 0 Å². The van der Waals surface area contributed by atoms with E-state index in [1.165, 1.54) is 10.4 Å². The Kier molecular flexibility index (Phi) is 9.01. The van der Waals surface area contributed by atoms with Gasteiger partial charge in [0.05, 0.1) is 23.7 Å². The summed E-state index contributed by atoms with van der Waals surface area (Å²) in [5.41, 5.74) is 1.13. The molecule has 0 radical (unpaired) electrons. The Bertz CT molecular complexity index is 644. The molecule has 1 N–H and O–H groups in total. The van der Waals surface area contributed by atoms with Gasteiger partial charge < -0.3 is 19.7 Å². The van der Waals surface area contributed by atoms with E-state index < -0.39 is 0 Å². The van der Waals surface area contributed by atoms with Gasteiger partial charge in [-0.25, -0.2) is 0 Å². The largest absolute Gasteiger partial charge is 0.383 e. The molecule has 0 aromatic carbocycles. The lowest BCUT2D eigenvalue weighted by Gasteiger charge is -2.40. The van der Waals surface area contributed by atoms with Crippen LogP contribution in [0.3, 0.4) is 0 Å². The average Bonchev–Trinajstić information content (AvgIpc) is 3.13. The van der Waals surface area contributed by atoms with Gasteiger partial charge in [0.25, 0.3) is 5.91 Å². The zero-order valence-electron chi connectivity index (χ0n) is 16.4. The maximum Gasteiger partial charge on any atom is 0.264 e. The number of halogens is 2. The number of piperazine rings is 1. The Morgan fingerprint density at radius 2 is 1.96 bits per heavy atom. The summed E-state index contributed by atoms with van der Waals surface area (Å²) < 4.78 is 11.4. The number of nitrogens with one attached hydrogen (secondary N) is 1. The van der Waals surface area contributed by atoms with Gasteiger partial charge in [-0.1, -0.05) is 0 Å². The van der Waals surface area contributed by atoms with Crippen molar-refractivity contribution in [3.8, 4) is 0 Å². The van der Waals surface area contributed by atoms with E-state index in [0.717, 1.165) is 83.2 Å². The van der Waals surface area contributed by atoms with Crippen LogP contribution in [0, 0.1) is 0 Å². The van der Waals surface area contributed by atoms with E-state index in [1.807, 2.05) is 4.90 Å². The number of fused-ring (bicyclic) bond motifs is 2. The maximum absolute atomic E-state index is 13.0. The Morgan fingerprint density at radius 1 is 1.25 bits per heavy atom. The van der Waals surface area contributed by atoms with Crippen LogP contribution in [-0.2, 0) is 21.5 Å². The molecule has 9 heteroatoms. The third kappa shape index (κ3) is 4.83. The van der Waals surface area contributed by atoms with Crippen molar-refractivity contribution in [1.82, 2.24) is 15.1 Å². The fourth-order valence-electron chi connectivity index (χ4n) is 4.32. The van der Waals surface area contributed by atoms with E-state index in [-0.39, 0.29) is 36.3 Å². The van der Waals surface area contributed by atoms with E-state index in [4.69, 9.17) is 9.47 Å². The maximum atomic E-state index is 13.0. The molecule has 4 heterocycles. The highest BCUT2D eigenvalue weighted by molar-refractivity contribution is 7.14. The van der Waals surface area contributed by atoms with Crippen molar-refractivity contribution in [3.63, 3.8) is 0 Å². The van der Waals surface area contributed by atoms with Gasteiger partial charge in [0, 0.05) is 51.1 Å². The molecule has 28 heavy (non-hydrogen) atoms. The number of ether oxygens (including phenoxy) is 2. The number of carbonyl (C=O) groups is 1. The SMILES string of the molecule is COCCN1CCN(C(=O)c2cc3c(s2)CCOC32CCNCC2)CC1.Cl.Cl. The molecule has 2 fully saturated rings. The van der Waals surface area contributed by atoms with Crippen LogP contribution in [0.25, 0.3) is 0 Å². The Morgan fingerprint density at radius 3 is 2.64 bits per heavy atom. The number of carbonyl (C=O) groups excluding carboxylic acids is 1. The molecule has 0 unspecified atom stereocenters. The molecule has 3 aliphatic rings. The predicted octanol–water partition coefficient (Wildman–Crippen LogP) is 2.15. The lowest BCUT2D eigenvalue weighted by atomic mass is 9.83. The van der Waals surface area contributed by atoms with Gasteiger partial charge in [-0.05, 0) is 37.6 Å². The first kappa shape index (κ1) is 23.9. The van der Waals surface area contributed by atoms with Crippen LogP contribution in [0.5, 0.6) is 0 Å². The van der Waals surface area contributed by atoms with Crippen LogP contribution in [0.15, 0.2) is 6.07 Å². The third-order valence-electron chi connectivity index (χ3n) is 5.90. The smallest absolute Gasteiger partial charge is 0.264 e. The van der Waals surface area contributed by atoms with E-state index >= 15 is 0 Å². The van der Waals surface area contributed by atoms with Crippen molar-refractivity contribution in [2.24, 2.45) is 0 Å². The molecule has 0 atom stereocenters. The lowest BCUT2D eigenvalue weighted by molar-refractivity contribution is -0.0792. The first-order chi connectivity index (χ1) is 12.7. The van der Waals surface area contributed by atoms with Gasteiger partial charge >= 0.3 is 0 Å². The van der Waals surface area contributed by atoms with Gasteiger partial charge in [-0.3, -0.25) is 9.69 Å². The van der Waals surface area contributed by atoms with Crippen LogP contribution >= 0.6 is 36.2 Å². The molecule has 4 rings (SSSR count). The van der Waals surface area contributed by atoms with Crippen LogP contribution in [0.4, 0.5) is 0 Å². The fraction of sp³-hybridized carbons (Fsp3) is 0.737. The molecular weight excluding hydrogens is 421 g/mol. The quantitative estimate of drug-likeness (QED) is 0.759. The Hall–Kier alpha value is -0.410. The number of amides is 1. The van der Waals surface area contributed by atoms with Crippen molar-refractivity contribution in [2.45, 2.75) is 24.9 Å². The average molecular weight is 452 g/mol. The number of thiophene rings is 1. The summed E-state index contributed by atoms with van der Waals surface area (Å²) in [5, 5.41) is 3.42. The second kappa shape index (κ2) is 10.6. The summed E-state index contributed by atoms with van der Waals surface area (Å²) in [5.74, 6) is 0.194. The van der Waals surface area contributed by atoms with E-state index in [0.29, 0.717) is 0 Å². The number of hydrogen-bond acceptors (Lipinski definition) is 6. The molecule has 3 aliphatic heterocycles. The first-order valence-corrected chi connectivity index (χ1v) is 10.5. The number of rotatable bonds is 4. The van der Waals surface area contributed by atoms with Crippen molar-refractivity contribution in [1.29, 1.82) is 0 Å². The molecule has 0 saturated carbocycles. The third-order valence-corrected chi connectivity index (χ3v) is 7.08. The fourth-order valence-corrected chi connectivity index (χ4v) is 5.52.